The summed E-state index contributed by atoms with van der Waals surface area (Å²) in [4.78, 5) is 21.9. The van der Waals surface area contributed by atoms with Crippen molar-refractivity contribution >= 4 is 38.8 Å². The summed E-state index contributed by atoms with van der Waals surface area (Å²) in [6.07, 6.45) is 1.61. The molecule has 1 amide bonds. The number of amides is 1. The summed E-state index contributed by atoms with van der Waals surface area (Å²) < 4.78 is 0. The Bertz CT molecular complexity index is 949. The summed E-state index contributed by atoms with van der Waals surface area (Å²) in [7, 11) is 0. The molecule has 1 aliphatic heterocycles. The van der Waals surface area contributed by atoms with E-state index in [-0.39, 0.29) is 5.91 Å². The van der Waals surface area contributed by atoms with Gasteiger partial charge in [0.1, 0.15) is 0 Å². The molecule has 0 aliphatic carbocycles. The molecule has 146 valence electrons. The van der Waals surface area contributed by atoms with E-state index in [1.165, 1.54) is 0 Å². The first kappa shape index (κ1) is 18.9. The lowest BCUT2D eigenvalue weighted by Gasteiger charge is -2.21. The van der Waals surface area contributed by atoms with E-state index >= 15 is 0 Å². The molecule has 0 unspecified atom stereocenters. The first-order valence-electron chi connectivity index (χ1n) is 9.86. The van der Waals surface area contributed by atoms with Crippen LogP contribution in [0.1, 0.15) is 18.5 Å². The van der Waals surface area contributed by atoms with Gasteiger partial charge in [-0.15, -0.1) is 11.3 Å². The van der Waals surface area contributed by atoms with Crippen LogP contribution in [0.25, 0.3) is 10.8 Å². The fourth-order valence-corrected chi connectivity index (χ4v) is 4.54. The van der Waals surface area contributed by atoms with Crippen molar-refractivity contribution in [1.29, 1.82) is 0 Å². The van der Waals surface area contributed by atoms with Crippen LogP contribution in [0.5, 0.6) is 0 Å². The van der Waals surface area contributed by atoms with Gasteiger partial charge in [-0.3, -0.25) is 4.79 Å². The number of carbonyl (C=O) groups is 1. The van der Waals surface area contributed by atoms with E-state index in [9.17, 15) is 4.79 Å². The molecule has 1 aromatic heterocycles. The quantitative estimate of drug-likeness (QED) is 0.706. The Morgan fingerprint density at radius 1 is 1.11 bits per heavy atom. The highest BCUT2D eigenvalue weighted by Gasteiger charge is 2.18. The largest absolute Gasteiger partial charge is 0.347 e. The van der Waals surface area contributed by atoms with E-state index in [4.69, 9.17) is 0 Å². The molecule has 0 bridgehead atoms. The Balaban J connectivity index is 1.30. The molecule has 3 aromatic rings. The van der Waals surface area contributed by atoms with E-state index in [0.717, 1.165) is 66.4 Å². The Morgan fingerprint density at radius 3 is 2.82 bits per heavy atom. The highest BCUT2D eigenvalue weighted by atomic mass is 32.1. The van der Waals surface area contributed by atoms with Gasteiger partial charge in [0.15, 0.2) is 5.13 Å². The molecule has 1 saturated heterocycles. The number of benzene rings is 2. The van der Waals surface area contributed by atoms with Gasteiger partial charge >= 0.3 is 0 Å². The van der Waals surface area contributed by atoms with Crippen LogP contribution in [0, 0.1) is 6.92 Å². The Hall–Kier alpha value is -2.44. The maximum atomic E-state index is 12.5. The van der Waals surface area contributed by atoms with Gasteiger partial charge in [-0.1, -0.05) is 36.4 Å². The molecule has 6 heteroatoms. The monoisotopic (exact) mass is 394 g/mol. The molecule has 0 spiro atoms. The van der Waals surface area contributed by atoms with Crippen LogP contribution in [0.3, 0.4) is 0 Å². The average molecular weight is 395 g/mol. The smallest absolute Gasteiger partial charge is 0.225 e. The molecule has 4 rings (SSSR count). The zero-order valence-electron chi connectivity index (χ0n) is 16.2. The van der Waals surface area contributed by atoms with Crippen molar-refractivity contribution in [3.8, 4) is 0 Å². The topological polar surface area (TPSA) is 48.5 Å². The van der Waals surface area contributed by atoms with E-state index in [0.29, 0.717) is 6.42 Å². The predicted molar refractivity (Wildman–Crippen MR) is 117 cm³/mol. The molecule has 5 nitrogen and oxygen atoms in total. The van der Waals surface area contributed by atoms with Crippen LogP contribution in [0.2, 0.25) is 0 Å². The number of rotatable bonds is 5. The third-order valence-electron chi connectivity index (χ3n) is 5.18. The van der Waals surface area contributed by atoms with E-state index < -0.39 is 0 Å². The van der Waals surface area contributed by atoms with Crippen molar-refractivity contribution in [2.24, 2.45) is 0 Å². The van der Waals surface area contributed by atoms with Crippen molar-refractivity contribution in [3.05, 3.63) is 53.5 Å². The second kappa shape index (κ2) is 8.71. The van der Waals surface area contributed by atoms with Gasteiger partial charge in [0, 0.05) is 49.1 Å². The summed E-state index contributed by atoms with van der Waals surface area (Å²) in [5.74, 6) is 0.0769. The SMILES string of the molecule is Cc1csc(N2CCCN(CCC(=O)Nc3cccc4ccccc34)CC2)n1. The fourth-order valence-electron chi connectivity index (χ4n) is 3.68. The summed E-state index contributed by atoms with van der Waals surface area (Å²) in [6.45, 7) is 6.84. The van der Waals surface area contributed by atoms with Crippen molar-refractivity contribution in [2.45, 2.75) is 19.8 Å². The summed E-state index contributed by atoms with van der Waals surface area (Å²) in [5, 5.41) is 8.55. The number of nitrogens with zero attached hydrogens (tertiary/aromatic N) is 3. The molecule has 28 heavy (non-hydrogen) atoms. The number of fused-ring (bicyclic) bond motifs is 1. The highest BCUT2D eigenvalue weighted by Crippen LogP contribution is 2.23. The number of anilines is 2. The van der Waals surface area contributed by atoms with Crippen molar-refractivity contribution in [1.82, 2.24) is 9.88 Å². The highest BCUT2D eigenvalue weighted by molar-refractivity contribution is 7.13. The molecule has 0 saturated carbocycles. The van der Waals surface area contributed by atoms with E-state index in [1.807, 2.05) is 31.2 Å². The van der Waals surface area contributed by atoms with E-state index in [2.05, 4.69) is 43.7 Å². The maximum absolute atomic E-state index is 12.5. The van der Waals surface area contributed by atoms with Crippen LogP contribution in [-0.2, 0) is 4.79 Å². The first-order chi connectivity index (χ1) is 13.7. The molecule has 1 aliphatic rings. The fraction of sp³-hybridized carbons (Fsp3) is 0.364. The molecule has 2 aromatic carbocycles. The zero-order valence-corrected chi connectivity index (χ0v) is 17.0. The molecule has 2 heterocycles. The third kappa shape index (κ3) is 4.51. The summed E-state index contributed by atoms with van der Waals surface area (Å²) in [6, 6.07) is 14.2. The lowest BCUT2D eigenvalue weighted by Crippen LogP contribution is -2.32. The molecule has 1 N–H and O–H groups in total. The average Bonchev–Trinajstić information content (AvgIpc) is 3.00. The second-order valence-electron chi connectivity index (χ2n) is 7.28. The number of hydrogen-bond donors (Lipinski definition) is 1. The van der Waals surface area contributed by atoms with Gasteiger partial charge in [-0.2, -0.15) is 0 Å². The number of hydrogen-bond acceptors (Lipinski definition) is 5. The maximum Gasteiger partial charge on any atom is 0.225 e. The normalized spacial score (nSPS) is 15.5. The van der Waals surface area contributed by atoms with Gasteiger partial charge in [0.2, 0.25) is 5.91 Å². The third-order valence-corrected chi connectivity index (χ3v) is 6.20. The lowest BCUT2D eigenvalue weighted by molar-refractivity contribution is -0.116. The Labute approximate surface area is 170 Å². The minimum Gasteiger partial charge on any atom is -0.347 e. The second-order valence-corrected chi connectivity index (χ2v) is 8.12. The number of carbonyl (C=O) groups excluding carboxylic acids is 1. The minimum atomic E-state index is 0.0769. The van der Waals surface area contributed by atoms with Gasteiger partial charge in [0.05, 0.1) is 5.69 Å². The molecule has 1 fully saturated rings. The van der Waals surface area contributed by atoms with Crippen LogP contribution in [0.4, 0.5) is 10.8 Å². The lowest BCUT2D eigenvalue weighted by atomic mass is 10.1. The van der Waals surface area contributed by atoms with Crippen molar-refractivity contribution in [2.75, 3.05) is 42.9 Å². The summed E-state index contributed by atoms with van der Waals surface area (Å²) in [5.41, 5.74) is 1.98. The molecule has 0 radical (unpaired) electrons. The Kier molecular flexibility index (Phi) is 5.88. The number of aryl methyl sites for hydroxylation is 1. The van der Waals surface area contributed by atoms with Crippen molar-refractivity contribution < 1.29 is 4.79 Å². The van der Waals surface area contributed by atoms with Crippen LogP contribution in [-0.4, -0.2) is 48.5 Å². The van der Waals surface area contributed by atoms with Crippen molar-refractivity contribution in [3.63, 3.8) is 0 Å². The molecule has 0 atom stereocenters. The number of thiazole rings is 1. The van der Waals surface area contributed by atoms with Gasteiger partial charge in [-0.05, 0) is 31.3 Å². The number of nitrogens with one attached hydrogen (secondary N) is 1. The van der Waals surface area contributed by atoms with E-state index in [1.54, 1.807) is 11.3 Å². The Morgan fingerprint density at radius 2 is 1.96 bits per heavy atom. The van der Waals surface area contributed by atoms with Crippen LogP contribution in [0.15, 0.2) is 47.8 Å². The number of aromatic nitrogens is 1. The zero-order chi connectivity index (χ0) is 19.3. The molecular formula is C22H26N4OS. The molecular weight excluding hydrogens is 368 g/mol. The standard InChI is InChI=1S/C22H26N4OS/c1-17-16-28-22(23-17)26-12-5-11-25(14-15-26)13-10-21(27)24-20-9-4-7-18-6-2-3-8-19(18)20/h2-4,6-9,16H,5,10-15H2,1H3,(H,24,27). The van der Waals surface area contributed by atoms with Gasteiger partial charge in [-0.25, -0.2) is 4.98 Å². The first-order valence-corrected chi connectivity index (χ1v) is 10.7. The van der Waals surface area contributed by atoms with Crippen LogP contribution < -0.4 is 10.2 Å². The van der Waals surface area contributed by atoms with Crippen LogP contribution >= 0.6 is 11.3 Å². The van der Waals surface area contributed by atoms with Gasteiger partial charge in [0.25, 0.3) is 0 Å². The van der Waals surface area contributed by atoms with Gasteiger partial charge < -0.3 is 15.1 Å². The minimum absolute atomic E-state index is 0.0769. The predicted octanol–water partition coefficient (Wildman–Crippen LogP) is 4.15. The summed E-state index contributed by atoms with van der Waals surface area (Å²) >= 11 is 1.72.